The van der Waals surface area contributed by atoms with E-state index in [2.05, 4.69) is 10.5 Å². The summed E-state index contributed by atoms with van der Waals surface area (Å²) < 4.78 is 25.3. The van der Waals surface area contributed by atoms with E-state index in [9.17, 15) is 13.2 Å². The lowest BCUT2D eigenvalue weighted by Gasteiger charge is -2.12. The van der Waals surface area contributed by atoms with Gasteiger partial charge in [-0.3, -0.25) is 4.79 Å². The zero-order valence-electron chi connectivity index (χ0n) is 14.8. The van der Waals surface area contributed by atoms with Crippen LogP contribution >= 0.6 is 0 Å². The summed E-state index contributed by atoms with van der Waals surface area (Å²) >= 11 is 0. The van der Waals surface area contributed by atoms with Gasteiger partial charge < -0.3 is 10.2 Å². The van der Waals surface area contributed by atoms with Crippen LogP contribution in [-0.2, 0) is 19.7 Å². The molecule has 0 saturated carbocycles. The van der Waals surface area contributed by atoms with Crippen LogP contribution in [0.15, 0.2) is 58.6 Å². The van der Waals surface area contributed by atoms with Crippen LogP contribution in [0.5, 0.6) is 0 Å². The van der Waals surface area contributed by atoms with Crippen molar-refractivity contribution in [2.45, 2.75) is 11.8 Å². The number of amides is 1. The van der Waals surface area contributed by atoms with Crippen molar-refractivity contribution in [1.29, 1.82) is 0 Å². The monoisotopic (exact) mass is 375 g/mol. The molecule has 0 saturated heterocycles. The van der Waals surface area contributed by atoms with Gasteiger partial charge in [-0.1, -0.05) is 41.1 Å². The third-order valence-electron chi connectivity index (χ3n) is 3.45. The van der Waals surface area contributed by atoms with Gasteiger partial charge in [-0.2, -0.15) is 0 Å². The minimum absolute atomic E-state index is 0.0959. The van der Waals surface area contributed by atoms with Crippen molar-refractivity contribution in [3.8, 4) is 0 Å². The minimum Gasteiger partial charge on any atom is -0.386 e. The van der Waals surface area contributed by atoms with Gasteiger partial charge >= 0.3 is 0 Å². The molecular weight excluding hydrogens is 354 g/mol. The maximum Gasteiger partial charge on any atom is 0.265 e. The Morgan fingerprint density at radius 2 is 1.88 bits per heavy atom. The zero-order valence-corrected chi connectivity index (χ0v) is 15.7. The fraction of sp³-hybridized carbons (Fsp3) is 0.222. The topological polar surface area (TPSA) is 88.1 Å². The SMILES string of the molecule is Cc1ccc(/C=N\OCC(=O)Nc2cccc(S(=O)(=O)N(C)C)c2)cc1. The lowest BCUT2D eigenvalue weighted by Crippen LogP contribution is -2.22. The highest BCUT2D eigenvalue weighted by atomic mass is 32.2. The Hall–Kier alpha value is -2.71. The third-order valence-corrected chi connectivity index (χ3v) is 5.26. The van der Waals surface area contributed by atoms with Crippen molar-refractivity contribution >= 4 is 27.8 Å². The number of hydrogen-bond donors (Lipinski definition) is 1. The van der Waals surface area contributed by atoms with E-state index in [0.717, 1.165) is 15.4 Å². The number of aryl methyl sites for hydroxylation is 1. The van der Waals surface area contributed by atoms with Crippen molar-refractivity contribution in [3.63, 3.8) is 0 Å². The van der Waals surface area contributed by atoms with Crippen LogP contribution in [0.4, 0.5) is 5.69 Å². The van der Waals surface area contributed by atoms with Crippen LogP contribution in [0, 0.1) is 6.92 Å². The van der Waals surface area contributed by atoms with Crippen LogP contribution in [0.3, 0.4) is 0 Å². The third kappa shape index (κ3) is 5.40. The fourth-order valence-electron chi connectivity index (χ4n) is 1.99. The van der Waals surface area contributed by atoms with Crippen molar-refractivity contribution in [2.24, 2.45) is 5.16 Å². The highest BCUT2D eigenvalue weighted by molar-refractivity contribution is 7.89. The van der Waals surface area contributed by atoms with E-state index in [1.165, 1.54) is 32.4 Å². The summed E-state index contributed by atoms with van der Waals surface area (Å²) in [5.41, 5.74) is 2.36. The molecule has 1 N–H and O–H groups in total. The molecule has 0 aliphatic carbocycles. The number of benzene rings is 2. The van der Waals surface area contributed by atoms with Crippen molar-refractivity contribution in [1.82, 2.24) is 4.31 Å². The predicted molar refractivity (Wildman–Crippen MR) is 101 cm³/mol. The second-order valence-electron chi connectivity index (χ2n) is 5.78. The summed E-state index contributed by atoms with van der Waals surface area (Å²) in [6.07, 6.45) is 1.51. The Bertz CT molecular complexity index is 891. The summed E-state index contributed by atoms with van der Waals surface area (Å²) in [5.74, 6) is -0.439. The van der Waals surface area contributed by atoms with E-state index in [-0.39, 0.29) is 11.5 Å². The number of rotatable bonds is 7. The van der Waals surface area contributed by atoms with Crippen molar-refractivity contribution < 1.29 is 18.0 Å². The summed E-state index contributed by atoms with van der Waals surface area (Å²) in [6.45, 7) is 1.70. The molecule has 138 valence electrons. The summed E-state index contributed by atoms with van der Waals surface area (Å²) in [7, 11) is -0.673. The first kappa shape index (κ1) is 19.6. The van der Waals surface area contributed by atoms with Gasteiger partial charge in [0.1, 0.15) is 0 Å². The van der Waals surface area contributed by atoms with E-state index in [0.29, 0.717) is 5.69 Å². The minimum atomic E-state index is -3.56. The zero-order chi connectivity index (χ0) is 19.2. The van der Waals surface area contributed by atoms with E-state index >= 15 is 0 Å². The molecule has 0 aliphatic heterocycles. The number of sulfonamides is 1. The predicted octanol–water partition coefficient (Wildman–Crippen LogP) is 2.23. The molecule has 0 spiro atoms. The van der Waals surface area contributed by atoms with Gasteiger partial charge in [0.25, 0.3) is 5.91 Å². The average Bonchev–Trinajstić information content (AvgIpc) is 2.60. The maximum absolute atomic E-state index is 12.1. The smallest absolute Gasteiger partial charge is 0.265 e. The molecule has 0 bridgehead atoms. The average molecular weight is 375 g/mol. The first-order valence-electron chi connectivity index (χ1n) is 7.83. The number of nitrogens with one attached hydrogen (secondary N) is 1. The van der Waals surface area contributed by atoms with E-state index < -0.39 is 15.9 Å². The standard InChI is InChI=1S/C18H21N3O4S/c1-14-7-9-15(10-8-14)12-19-25-13-18(22)20-16-5-4-6-17(11-16)26(23,24)21(2)3/h4-12H,13H2,1-3H3,(H,20,22)/b19-12-. The molecule has 0 atom stereocenters. The maximum atomic E-state index is 12.1. The number of carbonyl (C=O) groups excluding carboxylic acids is 1. The highest BCUT2D eigenvalue weighted by Crippen LogP contribution is 2.17. The van der Waals surface area contributed by atoms with Gasteiger partial charge in [0.2, 0.25) is 10.0 Å². The Balaban J connectivity index is 1.91. The highest BCUT2D eigenvalue weighted by Gasteiger charge is 2.17. The first-order chi connectivity index (χ1) is 12.3. The number of nitrogens with zero attached hydrogens (tertiary/aromatic N) is 2. The summed E-state index contributed by atoms with van der Waals surface area (Å²) in [5, 5.41) is 6.32. The first-order valence-corrected chi connectivity index (χ1v) is 9.27. The second kappa shape index (κ2) is 8.59. The van der Waals surface area contributed by atoms with Gasteiger partial charge in [0.15, 0.2) is 6.61 Å². The largest absolute Gasteiger partial charge is 0.386 e. The van der Waals surface area contributed by atoms with E-state index in [1.807, 2.05) is 31.2 Å². The number of carbonyl (C=O) groups is 1. The molecule has 1 amide bonds. The lowest BCUT2D eigenvalue weighted by molar-refractivity contribution is -0.120. The number of hydrogen-bond acceptors (Lipinski definition) is 5. The van der Waals surface area contributed by atoms with Crippen LogP contribution in [-0.4, -0.2) is 45.5 Å². The second-order valence-corrected chi connectivity index (χ2v) is 7.93. The Morgan fingerprint density at radius 1 is 1.19 bits per heavy atom. The quantitative estimate of drug-likeness (QED) is 0.594. The molecule has 0 fully saturated rings. The number of anilines is 1. The van der Waals surface area contributed by atoms with Gasteiger partial charge in [-0.25, -0.2) is 12.7 Å². The van der Waals surface area contributed by atoms with Crippen LogP contribution < -0.4 is 5.32 Å². The van der Waals surface area contributed by atoms with Gasteiger partial charge in [-0.15, -0.1) is 0 Å². The van der Waals surface area contributed by atoms with Crippen LogP contribution in [0.2, 0.25) is 0 Å². The molecule has 2 aromatic rings. The molecule has 0 aliphatic rings. The molecule has 7 nitrogen and oxygen atoms in total. The van der Waals surface area contributed by atoms with E-state index in [4.69, 9.17) is 4.84 Å². The lowest BCUT2D eigenvalue weighted by atomic mass is 10.2. The Labute approximate surface area is 153 Å². The Kier molecular flexibility index (Phi) is 6.48. The van der Waals surface area contributed by atoms with Crippen molar-refractivity contribution in [3.05, 3.63) is 59.7 Å². The molecule has 0 radical (unpaired) electrons. The molecule has 2 aromatic carbocycles. The molecule has 2 rings (SSSR count). The van der Waals surface area contributed by atoms with Gasteiger partial charge in [0, 0.05) is 19.8 Å². The summed E-state index contributed by atoms with van der Waals surface area (Å²) in [6, 6.07) is 13.7. The Morgan fingerprint density at radius 3 is 2.54 bits per heavy atom. The van der Waals surface area contributed by atoms with E-state index in [1.54, 1.807) is 12.1 Å². The molecule has 8 heteroatoms. The van der Waals surface area contributed by atoms with Gasteiger partial charge in [0.05, 0.1) is 11.1 Å². The molecule has 0 aromatic heterocycles. The molecule has 0 unspecified atom stereocenters. The van der Waals surface area contributed by atoms with Crippen molar-refractivity contribution in [2.75, 3.05) is 26.0 Å². The van der Waals surface area contributed by atoms with Crippen LogP contribution in [0.25, 0.3) is 0 Å². The van der Waals surface area contributed by atoms with Crippen LogP contribution in [0.1, 0.15) is 11.1 Å². The molecule has 26 heavy (non-hydrogen) atoms. The number of oxime groups is 1. The normalized spacial score (nSPS) is 11.7. The summed E-state index contributed by atoms with van der Waals surface area (Å²) in [4.78, 5) is 17.0. The fourth-order valence-corrected chi connectivity index (χ4v) is 2.94. The molecular formula is C18H21N3O4S. The van der Waals surface area contributed by atoms with Gasteiger partial charge in [-0.05, 0) is 30.7 Å². The molecule has 0 heterocycles.